The molecule has 0 saturated carbocycles. The van der Waals surface area contributed by atoms with E-state index in [0.29, 0.717) is 18.5 Å². The average molecular weight is 316 g/mol. The summed E-state index contributed by atoms with van der Waals surface area (Å²) in [7, 11) is 1.24. The first-order chi connectivity index (χ1) is 10.3. The minimum absolute atomic E-state index is 0.00692. The topological polar surface area (TPSA) is 58.6 Å². The number of alkyl halides is 3. The number of carbonyl (C=O) groups is 2. The Hall–Kier alpha value is -2.25. The van der Waals surface area contributed by atoms with Gasteiger partial charge in [0.2, 0.25) is 0 Å². The number of hydrogen-bond acceptors (Lipinski definition) is 3. The monoisotopic (exact) mass is 316 g/mol. The van der Waals surface area contributed by atoms with Gasteiger partial charge in [-0.15, -0.1) is 0 Å². The van der Waals surface area contributed by atoms with Crippen LogP contribution < -0.4 is 5.32 Å². The van der Waals surface area contributed by atoms with E-state index >= 15 is 0 Å². The molecule has 2 amide bonds. The number of rotatable bonds is 1. The Balaban J connectivity index is 2.12. The van der Waals surface area contributed by atoms with Gasteiger partial charge < -0.3 is 9.64 Å². The lowest BCUT2D eigenvalue weighted by Crippen LogP contribution is -2.42. The van der Waals surface area contributed by atoms with Gasteiger partial charge in [0, 0.05) is 18.8 Å². The van der Waals surface area contributed by atoms with Crippen LogP contribution in [0.4, 0.5) is 23.7 Å². The molecule has 0 aliphatic carbocycles. The molecule has 0 unspecified atom stereocenters. The predicted octanol–water partition coefficient (Wildman–Crippen LogP) is 2.35. The normalized spacial score (nSPS) is 14.8. The van der Waals surface area contributed by atoms with E-state index in [0.717, 1.165) is 16.0 Å². The van der Waals surface area contributed by atoms with Crippen molar-refractivity contribution in [2.45, 2.75) is 19.0 Å². The quantitative estimate of drug-likeness (QED) is 0.865. The fourth-order valence-corrected chi connectivity index (χ4v) is 2.35. The average Bonchev–Trinajstić information content (AvgIpc) is 2.67. The van der Waals surface area contributed by atoms with Gasteiger partial charge in [-0.1, -0.05) is 6.07 Å². The minimum Gasteiger partial charge on any atom is -0.453 e. The third kappa shape index (κ3) is 3.69. The molecule has 1 aliphatic rings. The lowest BCUT2D eigenvalue weighted by molar-refractivity contribution is -0.185. The number of carbonyl (C=O) groups excluding carboxylic acids is 2. The van der Waals surface area contributed by atoms with Crippen LogP contribution in [0.25, 0.3) is 0 Å². The first-order valence-corrected chi connectivity index (χ1v) is 6.64. The van der Waals surface area contributed by atoms with Gasteiger partial charge in [-0.25, -0.2) is 4.79 Å². The molecule has 0 spiro atoms. The Bertz CT molecular complexity index is 587. The molecule has 0 aromatic heterocycles. The Morgan fingerprint density at radius 3 is 2.41 bits per heavy atom. The van der Waals surface area contributed by atoms with Gasteiger partial charge in [0.15, 0.2) is 0 Å². The second-order valence-electron chi connectivity index (χ2n) is 4.89. The summed E-state index contributed by atoms with van der Waals surface area (Å²) in [6, 6.07) is 5.08. The first kappa shape index (κ1) is 16.1. The van der Waals surface area contributed by atoms with Crippen molar-refractivity contribution < 1.29 is 27.5 Å². The highest BCUT2D eigenvalue weighted by Crippen LogP contribution is 2.24. The van der Waals surface area contributed by atoms with Crippen LogP contribution in [0.3, 0.4) is 0 Å². The molecular formula is C14H15F3N2O3. The molecular weight excluding hydrogens is 301 g/mol. The lowest BCUT2D eigenvalue weighted by Gasteiger charge is -2.21. The molecule has 120 valence electrons. The number of ether oxygens (including phenoxy) is 1. The summed E-state index contributed by atoms with van der Waals surface area (Å²) in [5.41, 5.74) is 2.18. The van der Waals surface area contributed by atoms with Crippen LogP contribution in [0.5, 0.6) is 0 Å². The zero-order valence-electron chi connectivity index (χ0n) is 11.9. The predicted molar refractivity (Wildman–Crippen MR) is 72.5 cm³/mol. The Kier molecular flexibility index (Phi) is 4.58. The van der Waals surface area contributed by atoms with E-state index in [1.54, 1.807) is 18.2 Å². The summed E-state index contributed by atoms with van der Waals surface area (Å²) in [5.74, 6) is -1.81. The molecule has 2 rings (SSSR count). The van der Waals surface area contributed by atoms with Crippen molar-refractivity contribution in [2.75, 3.05) is 25.5 Å². The van der Waals surface area contributed by atoms with Crippen LogP contribution in [-0.4, -0.2) is 43.3 Å². The summed E-state index contributed by atoms with van der Waals surface area (Å²) < 4.78 is 41.9. The van der Waals surface area contributed by atoms with Crippen molar-refractivity contribution in [3.8, 4) is 0 Å². The second kappa shape index (κ2) is 6.25. The molecule has 1 aliphatic heterocycles. The van der Waals surface area contributed by atoms with E-state index in [1.807, 2.05) is 0 Å². The highest BCUT2D eigenvalue weighted by atomic mass is 19.4. The van der Waals surface area contributed by atoms with Crippen molar-refractivity contribution in [3.05, 3.63) is 29.3 Å². The van der Waals surface area contributed by atoms with Gasteiger partial charge in [-0.05, 0) is 36.1 Å². The van der Waals surface area contributed by atoms with Crippen LogP contribution in [0.2, 0.25) is 0 Å². The summed E-state index contributed by atoms with van der Waals surface area (Å²) in [6.45, 7) is 0.0160. The fraction of sp³-hybridized carbons (Fsp3) is 0.429. The molecule has 1 aromatic carbocycles. The molecule has 1 heterocycles. The highest BCUT2D eigenvalue weighted by molar-refractivity contribution is 5.84. The van der Waals surface area contributed by atoms with Crippen molar-refractivity contribution in [1.82, 2.24) is 4.90 Å². The van der Waals surface area contributed by atoms with E-state index in [2.05, 4.69) is 10.1 Å². The van der Waals surface area contributed by atoms with Crippen LogP contribution in [0.15, 0.2) is 18.2 Å². The molecule has 8 heteroatoms. The number of amides is 2. The van der Waals surface area contributed by atoms with E-state index in [-0.39, 0.29) is 13.1 Å². The van der Waals surface area contributed by atoms with E-state index in [4.69, 9.17) is 0 Å². The van der Waals surface area contributed by atoms with Gasteiger partial charge in [0.1, 0.15) is 0 Å². The largest absolute Gasteiger partial charge is 0.471 e. The number of nitrogens with one attached hydrogen (secondary N) is 1. The molecule has 1 aromatic rings. The third-order valence-electron chi connectivity index (χ3n) is 3.47. The van der Waals surface area contributed by atoms with Crippen molar-refractivity contribution in [2.24, 2.45) is 0 Å². The Labute approximate surface area is 125 Å². The zero-order chi connectivity index (χ0) is 16.3. The smallest absolute Gasteiger partial charge is 0.453 e. The second-order valence-corrected chi connectivity index (χ2v) is 4.89. The number of methoxy groups -OCH3 is 1. The van der Waals surface area contributed by atoms with Gasteiger partial charge in [0.25, 0.3) is 0 Å². The SMILES string of the molecule is COC(=O)Nc1ccc2c(c1)CCN(C(=O)C(F)(F)F)CC2. The number of nitrogens with zero attached hydrogens (tertiary/aromatic N) is 1. The summed E-state index contributed by atoms with van der Waals surface area (Å²) in [4.78, 5) is 23.3. The molecule has 22 heavy (non-hydrogen) atoms. The van der Waals surface area contributed by atoms with Crippen molar-refractivity contribution >= 4 is 17.7 Å². The fourth-order valence-electron chi connectivity index (χ4n) is 2.35. The zero-order valence-corrected chi connectivity index (χ0v) is 11.9. The molecule has 0 bridgehead atoms. The van der Waals surface area contributed by atoms with E-state index in [1.165, 1.54) is 7.11 Å². The summed E-state index contributed by atoms with van der Waals surface area (Å²) >= 11 is 0. The molecule has 0 radical (unpaired) electrons. The maximum Gasteiger partial charge on any atom is 0.471 e. The number of fused-ring (bicyclic) bond motifs is 1. The number of anilines is 1. The number of benzene rings is 1. The maximum absolute atomic E-state index is 12.5. The summed E-state index contributed by atoms with van der Waals surface area (Å²) in [6.07, 6.45) is -4.83. The molecule has 0 fully saturated rings. The van der Waals surface area contributed by atoms with Gasteiger partial charge in [-0.2, -0.15) is 13.2 Å². The number of halogens is 3. The van der Waals surface area contributed by atoms with Crippen molar-refractivity contribution in [3.63, 3.8) is 0 Å². The lowest BCUT2D eigenvalue weighted by atomic mass is 10.0. The molecule has 0 atom stereocenters. The maximum atomic E-state index is 12.5. The Morgan fingerprint density at radius 1 is 1.18 bits per heavy atom. The number of hydrogen-bond donors (Lipinski definition) is 1. The molecule has 1 N–H and O–H groups in total. The van der Waals surface area contributed by atoms with Gasteiger partial charge in [-0.3, -0.25) is 10.1 Å². The third-order valence-corrected chi connectivity index (χ3v) is 3.47. The van der Waals surface area contributed by atoms with Crippen LogP contribution in [-0.2, 0) is 22.4 Å². The molecule has 5 nitrogen and oxygen atoms in total. The van der Waals surface area contributed by atoms with Gasteiger partial charge in [0.05, 0.1) is 7.11 Å². The highest BCUT2D eigenvalue weighted by Gasteiger charge is 2.42. The minimum atomic E-state index is -4.85. The van der Waals surface area contributed by atoms with Gasteiger partial charge >= 0.3 is 18.2 Å². The van der Waals surface area contributed by atoms with Crippen molar-refractivity contribution in [1.29, 1.82) is 0 Å². The Morgan fingerprint density at radius 2 is 1.82 bits per heavy atom. The standard InChI is InChI=1S/C14H15F3N2O3/c1-22-13(21)18-11-3-2-9-4-6-19(7-5-10(9)8-11)12(20)14(15,16)17/h2-3,8H,4-7H2,1H3,(H,18,21). The van der Waals surface area contributed by atoms with E-state index < -0.39 is 18.2 Å². The molecule has 0 saturated heterocycles. The summed E-state index contributed by atoms with van der Waals surface area (Å²) in [5, 5.41) is 2.50. The van der Waals surface area contributed by atoms with Crippen LogP contribution in [0.1, 0.15) is 11.1 Å². The van der Waals surface area contributed by atoms with Crippen LogP contribution >= 0.6 is 0 Å². The first-order valence-electron chi connectivity index (χ1n) is 6.64. The van der Waals surface area contributed by atoms with E-state index in [9.17, 15) is 22.8 Å². The van der Waals surface area contributed by atoms with Crippen LogP contribution in [0, 0.1) is 0 Å².